The van der Waals surface area contributed by atoms with Gasteiger partial charge in [-0.2, -0.15) is 0 Å². The normalized spacial score (nSPS) is 14.7. The second-order valence-corrected chi connectivity index (χ2v) is 8.28. The summed E-state index contributed by atoms with van der Waals surface area (Å²) < 4.78 is 5.56. The van der Waals surface area contributed by atoms with E-state index in [9.17, 15) is 9.59 Å². The fraction of sp³-hybridized carbons (Fsp3) is 0.304. The Morgan fingerprint density at radius 3 is 2.65 bits per heavy atom. The minimum atomic E-state index is -0.912. The Hall–Kier alpha value is -3.26. The molecule has 1 atom stereocenters. The van der Waals surface area contributed by atoms with Gasteiger partial charge in [0.1, 0.15) is 17.5 Å². The largest absolute Gasteiger partial charge is 0.496 e. The standard InChI is InChI=1S/C23H24N4O3S/c1-30-19-10-5-4-9-17(19)21(22(28)26-16-7-2-3-8-16)27(20-11-6-14-31-20)23(29)18-15-24-12-13-25-18/h4-6,9-16,21H,2-3,7-8H2,1H3,(H,26,28)/t21-/m0/s1. The number of ether oxygens (including phenoxy) is 1. The van der Waals surface area contributed by atoms with Gasteiger partial charge in [-0.05, 0) is 36.4 Å². The van der Waals surface area contributed by atoms with Gasteiger partial charge in [-0.15, -0.1) is 11.3 Å². The van der Waals surface area contributed by atoms with Crippen LogP contribution < -0.4 is 15.0 Å². The zero-order valence-electron chi connectivity index (χ0n) is 17.2. The third kappa shape index (κ3) is 4.59. The van der Waals surface area contributed by atoms with Gasteiger partial charge in [-0.1, -0.05) is 31.0 Å². The van der Waals surface area contributed by atoms with E-state index in [1.165, 1.54) is 34.8 Å². The van der Waals surface area contributed by atoms with E-state index in [1.807, 2.05) is 35.7 Å². The van der Waals surface area contributed by atoms with Gasteiger partial charge in [0, 0.05) is 24.0 Å². The fourth-order valence-corrected chi connectivity index (χ4v) is 4.68. The highest BCUT2D eigenvalue weighted by Gasteiger charge is 2.37. The molecule has 4 rings (SSSR count). The molecular weight excluding hydrogens is 412 g/mol. The minimum Gasteiger partial charge on any atom is -0.496 e. The molecule has 31 heavy (non-hydrogen) atoms. The lowest BCUT2D eigenvalue weighted by Crippen LogP contribution is -2.46. The second-order valence-electron chi connectivity index (χ2n) is 7.35. The number of para-hydroxylation sites is 1. The first-order valence-electron chi connectivity index (χ1n) is 10.3. The summed E-state index contributed by atoms with van der Waals surface area (Å²) in [5.41, 5.74) is 0.788. The van der Waals surface area contributed by atoms with Crippen molar-refractivity contribution in [1.29, 1.82) is 0 Å². The highest BCUT2D eigenvalue weighted by atomic mass is 32.1. The first-order chi connectivity index (χ1) is 15.2. The molecule has 1 saturated carbocycles. The van der Waals surface area contributed by atoms with Gasteiger partial charge in [0.25, 0.3) is 5.91 Å². The van der Waals surface area contributed by atoms with Crippen LogP contribution in [0.5, 0.6) is 5.75 Å². The van der Waals surface area contributed by atoms with Crippen molar-refractivity contribution in [1.82, 2.24) is 15.3 Å². The van der Waals surface area contributed by atoms with Crippen molar-refractivity contribution in [2.75, 3.05) is 12.0 Å². The molecule has 0 radical (unpaired) electrons. The minimum absolute atomic E-state index is 0.113. The van der Waals surface area contributed by atoms with Crippen LogP contribution in [0.2, 0.25) is 0 Å². The van der Waals surface area contributed by atoms with Crippen LogP contribution in [0, 0.1) is 0 Å². The zero-order chi connectivity index (χ0) is 21.6. The zero-order valence-corrected chi connectivity index (χ0v) is 18.0. The topological polar surface area (TPSA) is 84.4 Å². The van der Waals surface area contributed by atoms with Crippen molar-refractivity contribution >= 4 is 28.2 Å². The highest BCUT2D eigenvalue weighted by molar-refractivity contribution is 7.14. The molecule has 2 aromatic heterocycles. The molecule has 3 aromatic rings. The maximum absolute atomic E-state index is 13.6. The van der Waals surface area contributed by atoms with Gasteiger partial charge in [-0.25, -0.2) is 4.98 Å². The molecule has 160 valence electrons. The summed E-state index contributed by atoms with van der Waals surface area (Å²) in [7, 11) is 1.56. The number of hydrogen-bond donors (Lipinski definition) is 1. The number of benzene rings is 1. The number of hydrogen-bond acceptors (Lipinski definition) is 6. The average molecular weight is 437 g/mol. The van der Waals surface area contributed by atoms with Crippen LogP contribution >= 0.6 is 11.3 Å². The van der Waals surface area contributed by atoms with Crippen LogP contribution in [0.3, 0.4) is 0 Å². The molecule has 0 saturated heterocycles. The molecule has 1 N–H and O–H groups in total. The van der Waals surface area contributed by atoms with E-state index in [4.69, 9.17) is 4.74 Å². The van der Waals surface area contributed by atoms with E-state index >= 15 is 0 Å². The van der Waals surface area contributed by atoms with E-state index in [0.717, 1.165) is 25.7 Å². The van der Waals surface area contributed by atoms with Gasteiger partial charge in [-0.3, -0.25) is 19.5 Å². The number of nitrogens with one attached hydrogen (secondary N) is 1. The van der Waals surface area contributed by atoms with Gasteiger partial charge >= 0.3 is 0 Å². The molecular formula is C23H24N4O3S. The van der Waals surface area contributed by atoms with Crippen molar-refractivity contribution in [2.24, 2.45) is 0 Å². The predicted molar refractivity (Wildman–Crippen MR) is 119 cm³/mol. The lowest BCUT2D eigenvalue weighted by Gasteiger charge is -2.31. The summed E-state index contributed by atoms with van der Waals surface area (Å²) in [4.78, 5) is 37.0. The molecule has 1 fully saturated rings. The Morgan fingerprint density at radius 1 is 1.16 bits per heavy atom. The first kappa shape index (κ1) is 21.0. The third-order valence-electron chi connectivity index (χ3n) is 5.39. The second kappa shape index (κ2) is 9.70. The molecule has 0 aliphatic heterocycles. The molecule has 1 aliphatic rings. The van der Waals surface area contributed by atoms with Crippen LogP contribution in [-0.4, -0.2) is 34.9 Å². The van der Waals surface area contributed by atoms with Crippen LogP contribution in [-0.2, 0) is 4.79 Å². The molecule has 2 amide bonds. The van der Waals surface area contributed by atoms with Gasteiger partial charge in [0.15, 0.2) is 0 Å². The van der Waals surface area contributed by atoms with Gasteiger partial charge in [0.05, 0.1) is 18.3 Å². The van der Waals surface area contributed by atoms with Crippen molar-refractivity contribution in [3.8, 4) is 5.75 Å². The Kier molecular flexibility index (Phi) is 6.57. The maximum Gasteiger partial charge on any atom is 0.280 e. The summed E-state index contributed by atoms with van der Waals surface area (Å²) in [5.74, 6) is -0.0855. The summed E-state index contributed by atoms with van der Waals surface area (Å²) in [6.45, 7) is 0. The summed E-state index contributed by atoms with van der Waals surface area (Å²) in [6, 6.07) is 10.2. The molecule has 0 spiro atoms. The average Bonchev–Trinajstić information content (AvgIpc) is 3.52. The SMILES string of the molecule is COc1ccccc1[C@@H](C(=O)NC1CCCC1)N(C(=O)c1cnccn1)c1cccs1. The molecule has 2 heterocycles. The van der Waals surface area contributed by atoms with E-state index < -0.39 is 11.9 Å². The Bertz CT molecular complexity index is 1020. The van der Waals surface area contributed by atoms with Crippen LogP contribution in [0.25, 0.3) is 0 Å². The summed E-state index contributed by atoms with van der Waals surface area (Å²) in [5, 5.41) is 5.68. The highest BCUT2D eigenvalue weighted by Crippen LogP contribution is 2.36. The van der Waals surface area contributed by atoms with E-state index in [1.54, 1.807) is 13.2 Å². The van der Waals surface area contributed by atoms with Gasteiger partial charge in [0.2, 0.25) is 5.91 Å². The lowest BCUT2D eigenvalue weighted by molar-refractivity contribution is -0.123. The quantitative estimate of drug-likeness (QED) is 0.605. The van der Waals surface area contributed by atoms with E-state index in [2.05, 4.69) is 15.3 Å². The molecule has 1 aliphatic carbocycles. The number of rotatable bonds is 7. The van der Waals surface area contributed by atoms with Crippen molar-refractivity contribution in [3.63, 3.8) is 0 Å². The van der Waals surface area contributed by atoms with E-state index in [0.29, 0.717) is 16.3 Å². The number of carbonyl (C=O) groups is 2. The molecule has 0 unspecified atom stereocenters. The van der Waals surface area contributed by atoms with Crippen molar-refractivity contribution in [3.05, 3.63) is 71.6 Å². The smallest absolute Gasteiger partial charge is 0.280 e. The van der Waals surface area contributed by atoms with Gasteiger partial charge < -0.3 is 10.1 Å². The van der Waals surface area contributed by atoms with Crippen LogP contribution in [0.4, 0.5) is 5.00 Å². The first-order valence-corrected chi connectivity index (χ1v) is 11.1. The summed E-state index contributed by atoms with van der Waals surface area (Å²) >= 11 is 1.39. The maximum atomic E-state index is 13.6. The fourth-order valence-electron chi connectivity index (χ4n) is 3.92. The van der Waals surface area contributed by atoms with E-state index in [-0.39, 0.29) is 17.6 Å². The number of nitrogens with zero attached hydrogens (tertiary/aromatic N) is 3. The third-order valence-corrected chi connectivity index (χ3v) is 6.25. The number of aromatic nitrogens is 2. The number of amides is 2. The van der Waals surface area contributed by atoms with Crippen LogP contribution in [0.1, 0.15) is 47.8 Å². The van der Waals surface area contributed by atoms with Crippen LogP contribution in [0.15, 0.2) is 60.4 Å². The lowest BCUT2D eigenvalue weighted by atomic mass is 10.0. The number of anilines is 1. The molecule has 8 heteroatoms. The number of carbonyl (C=O) groups excluding carboxylic acids is 2. The molecule has 0 bridgehead atoms. The Morgan fingerprint density at radius 2 is 1.97 bits per heavy atom. The monoisotopic (exact) mass is 436 g/mol. The van der Waals surface area contributed by atoms with Crippen molar-refractivity contribution in [2.45, 2.75) is 37.8 Å². The molecule has 1 aromatic carbocycles. The number of methoxy groups -OCH3 is 1. The Labute approximate surface area is 185 Å². The van der Waals surface area contributed by atoms with Crippen molar-refractivity contribution < 1.29 is 14.3 Å². The number of thiophene rings is 1. The Balaban J connectivity index is 1.81. The molecule has 7 nitrogen and oxygen atoms in total. The summed E-state index contributed by atoms with van der Waals surface area (Å²) in [6.07, 6.45) is 8.47. The predicted octanol–water partition coefficient (Wildman–Crippen LogP) is 3.99.